The summed E-state index contributed by atoms with van der Waals surface area (Å²) in [6, 6.07) is 3.94. The summed E-state index contributed by atoms with van der Waals surface area (Å²) in [5.74, 6) is 1.51. The Bertz CT molecular complexity index is 654. The van der Waals surface area contributed by atoms with Crippen molar-refractivity contribution in [2.45, 2.75) is 39.0 Å². The molecule has 3 heterocycles. The van der Waals surface area contributed by atoms with E-state index in [1.54, 1.807) is 6.20 Å². The molecule has 7 heteroatoms. The Hall–Kier alpha value is -1.89. The molecule has 2 aromatic heterocycles. The van der Waals surface area contributed by atoms with Crippen molar-refractivity contribution in [1.29, 1.82) is 0 Å². The van der Waals surface area contributed by atoms with Crippen molar-refractivity contribution in [1.82, 2.24) is 20.0 Å². The van der Waals surface area contributed by atoms with Crippen molar-refractivity contribution >= 4 is 0 Å². The number of alkyl halides is 2. The standard InChI is InChI=1S/C17H22F2N4O/c1-2-12-3-6-20-14(9-12)17-21-16(24-22-17)10-13-4-7-23(8-5-13)11-15(18)19/h3,6,9,13,15H,2,4-5,7-8,10-11H2,1H3. The fourth-order valence-corrected chi connectivity index (χ4v) is 3.07. The van der Waals surface area contributed by atoms with Gasteiger partial charge in [0.1, 0.15) is 5.69 Å². The fourth-order valence-electron chi connectivity index (χ4n) is 3.07. The second kappa shape index (κ2) is 7.79. The van der Waals surface area contributed by atoms with Crippen LogP contribution >= 0.6 is 0 Å². The highest BCUT2D eigenvalue weighted by atomic mass is 19.3. The molecule has 2 aromatic rings. The molecule has 0 N–H and O–H groups in total. The summed E-state index contributed by atoms with van der Waals surface area (Å²) in [5, 5.41) is 4.02. The van der Waals surface area contributed by atoms with Crippen LogP contribution in [0, 0.1) is 5.92 Å². The van der Waals surface area contributed by atoms with E-state index in [-0.39, 0.29) is 6.54 Å². The quantitative estimate of drug-likeness (QED) is 0.811. The minimum absolute atomic E-state index is 0.128. The van der Waals surface area contributed by atoms with Crippen molar-refractivity contribution in [2.75, 3.05) is 19.6 Å². The van der Waals surface area contributed by atoms with Crippen molar-refractivity contribution < 1.29 is 13.3 Å². The first-order chi connectivity index (χ1) is 11.6. The Kier molecular flexibility index (Phi) is 5.50. The van der Waals surface area contributed by atoms with E-state index in [0.717, 1.165) is 25.0 Å². The lowest BCUT2D eigenvalue weighted by Gasteiger charge is -2.30. The molecule has 0 bridgehead atoms. The molecule has 0 spiro atoms. The van der Waals surface area contributed by atoms with Gasteiger partial charge in [-0.15, -0.1) is 0 Å². The Morgan fingerprint density at radius 2 is 2.12 bits per heavy atom. The first-order valence-electron chi connectivity index (χ1n) is 8.42. The number of pyridine rings is 1. The summed E-state index contributed by atoms with van der Waals surface area (Å²) in [5.41, 5.74) is 1.90. The van der Waals surface area contributed by atoms with Crippen LogP contribution in [0.3, 0.4) is 0 Å². The van der Waals surface area contributed by atoms with E-state index in [9.17, 15) is 8.78 Å². The van der Waals surface area contributed by atoms with E-state index in [1.165, 1.54) is 5.56 Å². The average molecular weight is 336 g/mol. The predicted molar refractivity (Wildman–Crippen MR) is 85.8 cm³/mol. The first-order valence-corrected chi connectivity index (χ1v) is 8.42. The third kappa shape index (κ3) is 4.35. The molecular formula is C17H22F2N4O. The molecule has 24 heavy (non-hydrogen) atoms. The number of aromatic nitrogens is 3. The number of nitrogens with zero attached hydrogens (tertiary/aromatic N) is 4. The lowest BCUT2D eigenvalue weighted by molar-refractivity contribution is 0.0681. The summed E-state index contributed by atoms with van der Waals surface area (Å²) >= 11 is 0. The van der Waals surface area contributed by atoms with Crippen LogP contribution in [0.15, 0.2) is 22.9 Å². The van der Waals surface area contributed by atoms with Gasteiger partial charge in [-0.1, -0.05) is 12.1 Å². The third-order valence-corrected chi connectivity index (χ3v) is 4.50. The monoisotopic (exact) mass is 336 g/mol. The summed E-state index contributed by atoms with van der Waals surface area (Å²) in [6.45, 7) is 3.37. The summed E-state index contributed by atoms with van der Waals surface area (Å²) in [4.78, 5) is 10.6. The maximum Gasteiger partial charge on any atom is 0.251 e. The highest BCUT2D eigenvalue weighted by molar-refractivity contribution is 5.49. The Morgan fingerprint density at radius 1 is 1.33 bits per heavy atom. The van der Waals surface area contributed by atoms with Gasteiger partial charge in [-0.05, 0) is 56.0 Å². The highest BCUT2D eigenvalue weighted by Crippen LogP contribution is 2.23. The molecule has 0 radical (unpaired) electrons. The molecule has 1 aliphatic heterocycles. The van der Waals surface area contributed by atoms with Gasteiger partial charge in [0.2, 0.25) is 11.7 Å². The van der Waals surface area contributed by atoms with Gasteiger partial charge in [-0.25, -0.2) is 8.78 Å². The second-order valence-corrected chi connectivity index (χ2v) is 6.25. The first kappa shape index (κ1) is 17.0. The Labute approximate surface area is 140 Å². The number of hydrogen-bond donors (Lipinski definition) is 0. The SMILES string of the molecule is CCc1ccnc(-c2noc(CC3CCN(CC(F)F)CC3)n2)c1. The summed E-state index contributed by atoms with van der Waals surface area (Å²) < 4.78 is 30.2. The molecule has 0 aromatic carbocycles. The maximum absolute atomic E-state index is 12.4. The molecule has 1 aliphatic rings. The van der Waals surface area contributed by atoms with Crippen LogP contribution in [0.4, 0.5) is 8.78 Å². The van der Waals surface area contributed by atoms with Gasteiger partial charge in [0.25, 0.3) is 6.43 Å². The number of piperidine rings is 1. The van der Waals surface area contributed by atoms with Crippen molar-refractivity contribution in [3.63, 3.8) is 0 Å². The van der Waals surface area contributed by atoms with E-state index in [4.69, 9.17) is 4.52 Å². The van der Waals surface area contributed by atoms with Crippen LogP contribution in [0.25, 0.3) is 11.5 Å². The number of halogens is 2. The predicted octanol–water partition coefficient (Wildman–Crippen LogP) is 3.21. The Morgan fingerprint density at radius 3 is 2.83 bits per heavy atom. The van der Waals surface area contributed by atoms with Crippen LogP contribution in [0.2, 0.25) is 0 Å². The number of hydrogen-bond acceptors (Lipinski definition) is 5. The average Bonchev–Trinajstić information content (AvgIpc) is 3.05. The van der Waals surface area contributed by atoms with Crippen molar-refractivity contribution in [2.24, 2.45) is 5.92 Å². The molecule has 0 atom stereocenters. The van der Waals surface area contributed by atoms with E-state index in [2.05, 4.69) is 22.0 Å². The van der Waals surface area contributed by atoms with Crippen molar-refractivity contribution in [3.8, 4) is 11.5 Å². The van der Waals surface area contributed by atoms with Gasteiger partial charge >= 0.3 is 0 Å². The van der Waals surface area contributed by atoms with E-state index >= 15 is 0 Å². The van der Waals surface area contributed by atoms with Crippen LogP contribution in [0.1, 0.15) is 31.2 Å². The molecule has 3 rings (SSSR count). The minimum Gasteiger partial charge on any atom is -0.339 e. The van der Waals surface area contributed by atoms with E-state index < -0.39 is 6.43 Å². The molecule has 5 nitrogen and oxygen atoms in total. The highest BCUT2D eigenvalue weighted by Gasteiger charge is 2.23. The van der Waals surface area contributed by atoms with E-state index in [0.29, 0.717) is 37.1 Å². The summed E-state index contributed by atoms with van der Waals surface area (Å²) in [6.07, 6.45) is 2.89. The van der Waals surface area contributed by atoms with Crippen LogP contribution in [-0.4, -0.2) is 46.1 Å². The van der Waals surface area contributed by atoms with Gasteiger partial charge in [0, 0.05) is 12.6 Å². The zero-order valence-electron chi connectivity index (χ0n) is 13.8. The minimum atomic E-state index is -2.26. The molecule has 0 saturated carbocycles. The molecule has 0 amide bonds. The maximum atomic E-state index is 12.4. The molecular weight excluding hydrogens is 314 g/mol. The number of likely N-dealkylation sites (tertiary alicyclic amines) is 1. The summed E-state index contributed by atoms with van der Waals surface area (Å²) in [7, 11) is 0. The van der Waals surface area contributed by atoms with Crippen LogP contribution in [-0.2, 0) is 12.8 Å². The van der Waals surface area contributed by atoms with Crippen LogP contribution < -0.4 is 0 Å². The van der Waals surface area contributed by atoms with Gasteiger partial charge in [-0.2, -0.15) is 4.98 Å². The lowest BCUT2D eigenvalue weighted by Crippen LogP contribution is -2.37. The van der Waals surface area contributed by atoms with Gasteiger partial charge in [0.05, 0.1) is 6.54 Å². The van der Waals surface area contributed by atoms with Gasteiger partial charge < -0.3 is 4.52 Å². The smallest absolute Gasteiger partial charge is 0.251 e. The van der Waals surface area contributed by atoms with Gasteiger partial charge in [-0.3, -0.25) is 9.88 Å². The molecule has 1 saturated heterocycles. The molecule has 0 unspecified atom stereocenters. The van der Waals surface area contributed by atoms with E-state index in [1.807, 2.05) is 17.0 Å². The number of rotatable bonds is 6. The number of aryl methyl sites for hydroxylation is 1. The zero-order valence-corrected chi connectivity index (χ0v) is 13.8. The largest absolute Gasteiger partial charge is 0.339 e. The normalized spacial score (nSPS) is 16.8. The molecule has 130 valence electrons. The van der Waals surface area contributed by atoms with Crippen LogP contribution in [0.5, 0.6) is 0 Å². The third-order valence-electron chi connectivity index (χ3n) is 4.50. The Balaban J connectivity index is 1.57. The van der Waals surface area contributed by atoms with Crippen molar-refractivity contribution in [3.05, 3.63) is 29.8 Å². The fraction of sp³-hybridized carbons (Fsp3) is 0.588. The lowest BCUT2D eigenvalue weighted by atomic mass is 9.93. The zero-order chi connectivity index (χ0) is 16.9. The van der Waals surface area contributed by atoms with Gasteiger partial charge in [0.15, 0.2) is 0 Å². The molecule has 1 fully saturated rings. The topological polar surface area (TPSA) is 55.1 Å². The molecule has 0 aliphatic carbocycles. The second-order valence-electron chi connectivity index (χ2n) is 6.25.